The summed E-state index contributed by atoms with van der Waals surface area (Å²) >= 11 is 0. The molecular formula is C20H17FN2O3S. The summed E-state index contributed by atoms with van der Waals surface area (Å²) < 4.78 is 40.0. The maximum atomic E-state index is 13.6. The molecule has 0 heterocycles. The molecule has 0 fully saturated rings. The van der Waals surface area contributed by atoms with Crippen LogP contribution < -0.4 is 9.62 Å². The van der Waals surface area contributed by atoms with E-state index in [0.29, 0.717) is 5.69 Å². The zero-order valence-electron chi connectivity index (χ0n) is 14.5. The van der Waals surface area contributed by atoms with E-state index in [1.807, 2.05) is 0 Å². The lowest BCUT2D eigenvalue weighted by Crippen LogP contribution is -2.26. The third-order valence-electron chi connectivity index (χ3n) is 4.02. The summed E-state index contributed by atoms with van der Waals surface area (Å²) in [5, 5.41) is 2.49. The highest BCUT2D eigenvalue weighted by atomic mass is 32.2. The molecule has 0 spiro atoms. The quantitative estimate of drug-likeness (QED) is 0.725. The molecule has 3 aromatic carbocycles. The average Bonchev–Trinajstić information content (AvgIpc) is 2.70. The third kappa shape index (κ3) is 3.98. The predicted octanol–water partition coefficient (Wildman–Crippen LogP) is 3.90. The van der Waals surface area contributed by atoms with Gasteiger partial charge in [-0.2, -0.15) is 0 Å². The fraction of sp³-hybridized carbons (Fsp3) is 0.0500. The van der Waals surface area contributed by atoms with Gasteiger partial charge < -0.3 is 5.32 Å². The largest absolute Gasteiger partial charge is 0.319 e. The SMILES string of the molecule is CN(c1ccc(C(=O)Nc2ccccc2F)cc1)S(=O)(=O)c1ccccc1. The molecular weight excluding hydrogens is 367 g/mol. The minimum absolute atomic E-state index is 0.0790. The molecule has 0 atom stereocenters. The second kappa shape index (κ2) is 7.59. The van der Waals surface area contributed by atoms with Crippen LogP contribution in [-0.4, -0.2) is 21.4 Å². The summed E-state index contributed by atoms with van der Waals surface area (Å²) in [6.45, 7) is 0. The molecule has 1 amide bonds. The fourth-order valence-corrected chi connectivity index (χ4v) is 3.69. The van der Waals surface area contributed by atoms with Crippen molar-refractivity contribution < 1.29 is 17.6 Å². The Balaban J connectivity index is 1.79. The number of hydrogen-bond donors (Lipinski definition) is 1. The van der Waals surface area contributed by atoms with Crippen molar-refractivity contribution in [1.29, 1.82) is 0 Å². The van der Waals surface area contributed by atoms with E-state index in [1.165, 1.54) is 61.6 Å². The van der Waals surface area contributed by atoms with Gasteiger partial charge in [-0.25, -0.2) is 12.8 Å². The number of sulfonamides is 1. The molecule has 27 heavy (non-hydrogen) atoms. The van der Waals surface area contributed by atoms with E-state index in [1.54, 1.807) is 24.3 Å². The van der Waals surface area contributed by atoms with Gasteiger partial charge in [0.2, 0.25) is 0 Å². The van der Waals surface area contributed by atoms with Crippen LogP contribution in [0.25, 0.3) is 0 Å². The number of halogens is 1. The molecule has 0 saturated carbocycles. The average molecular weight is 384 g/mol. The Bertz CT molecular complexity index is 1050. The molecule has 3 aromatic rings. The lowest BCUT2D eigenvalue weighted by molar-refractivity contribution is 0.102. The molecule has 3 rings (SSSR count). The lowest BCUT2D eigenvalue weighted by Gasteiger charge is -2.19. The smallest absolute Gasteiger partial charge is 0.264 e. The van der Waals surface area contributed by atoms with Crippen molar-refractivity contribution in [3.05, 3.63) is 90.2 Å². The van der Waals surface area contributed by atoms with Crippen LogP contribution in [-0.2, 0) is 10.0 Å². The van der Waals surface area contributed by atoms with Crippen molar-refractivity contribution in [3.63, 3.8) is 0 Å². The summed E-state index contributed by atoms with van der Waals surface area (Å²) in [5.74, 6) is -1.02. The molecule has 0 unspecified atom stereocenters. The van der Waals surface area contributed by atoms with E-state index in [4.69, 9.17) is 0 Å². The lowest BCUT2D eigenvalue weighted by atomic mass is 10.2. The maximum Gasteiger partial charge on any atom is 0.264 e. The molecule has 0 saturated heterocycles. The van der Waals surface area contributed by atoms with Gasteiger partial charge in [-0.3, -0.25) is 9.10 Å². The van der Waals surface area contributed by atoms with Crippen LogP contribution in [0.4, 0.5) is 15.8 Å². The Morgan fingerprint density at radius 2 is 1.48 bits per heavy atom. The normalized spacial score (nSPS) is 11.0. The molecule has 0 aliphatic heterocycles. The highest BCUT2D eigenvalue weighted by molar-refractivity contribution is 7.92. The summed E-state index contributed by atoms with van der Waals surface area (Å²) in [7, 11) is -2.25. The molecule has 5 nitrogen and oxygen atoms in total. The first-order valence-corrected chi connectivity index (χ1v) is 9.53. The van der Waals surface area contributed by atoms with Gasteiger partial charge in [-0.15, -0.1) is 0 Å². The van der Waals surface area contributed by atoms with E-state index in [0.717, 1.165) is 4.31 Å². The van der Waals surface area contributed by atoms with E-state index in [9.17, 15) is 17.6 Å². The van der Waals surface area contributed by atoms with Gasteiger partial charge >= 0.3 is 0 Å². The van der Waals surface area contributed by atoms with Crippen LogP contribution in [0.5, 0.6) is 0 Å². The molecule has 0 radical (unpaired) electrons. The zero-order chi connectivity index (χ0) is 19.4. The number of rotatable bonds is 5. The van der Waals surface area contributed by atoms with Crippen molar-refractivity contribution in [1.82, 2.24) is 0 Å². The number of amides is 1. The topological polar surface area (TPSA) is 66.5 Å². The Labute approximate surface area is 157 Å². The molecule has 0 bridgehead atoms. The predicted molar refractivity (Wildman–Crippen MR) is 103 cm³/mol. The van der Waals surface area contributed by atoms with E-state index in [-0.39, 0.29) is 16.1 Å². The second-order valence-electron chi connectivity index (χ2n) is 5.77. The summed E-state index contributed by atoms with van der Waals surface area (Å²) in [6, 6.07) is 20.0. The van der Waals surface area contributed by atoms with Gasteiger partial charge in [0.25, 0.3) is 15.9 Å². The number of benzene rings is 3. The number of nitrogens with one attached hydrogen (secondary N) is 1. The molecule has 0 aromatic heterocycles. The summed E-state index contributed by atoms with van der Waals surface area (Å²) in [4.78, 5) is 12.4. The van der Waals surface area contributed by atoms with Crippen molar-refractivity contribution in [2.75, 3.05) is 16.7 Å². The third-order valence-corrected chi connectivity index (χ3v) is 5.82. The van der Waals surface area contributed by atoms with Crippen LogP contribution in [0.1, 0.15) is 10.4 Å². The first-order chi connectivity index (χ1) is 12.9. The number of anilines is 2. The first kappa shape index (κ1) is 18.6. The number of para-hydroxylation sites is 1. The maximum absolute atomic E-state index is 13.6. The van der Waals surface area contributed by atoms with E-state index < -0.39 is 21.7 Å². The van der Waals surface area contributed by atoms with Crippen LogP contribution in [0.2, 0.25) is 0 Å². The minimum atomic E-state index is -3.70. The first-order valence-electron chi connectivity index (χ1n) is 8.09. The molecule has 0 aliphatic carbocycles. The van der Waals surface area contributed by atoms with Gasteiger partial charge in [-0.1, -0.05) is 30.3 Å². The van der Waals surface area contributed by atoms with Crippen molar-refractivity contribution in [3.8, 4) is 0 Å². The van der Waals surface area contributed by atoms with Gasteiger partial charge in [0, 0.05) is 12.6 Å². The molecule has 7 heteroatoms. The number of carbonyl (C=O) groups excluding carboxylic acids is 1. The van der Waals surface area contributed by atoms with Crippen molar-refractivity contribution in [2.24, 2.45) is 0 Å². The van der Waals surface area contributed by atoms with Gasteiger partial charge in [0.05, 0.1) is 16.3 Å². The van der Waals surface area contributed by atoms with Crippen molar-refractivity contribution in [2.45, 2.75) is 4.90 Å². The standard InChI is InChI=1S/C20H17FN2O3S/c1-23(27(25,26)17-7-3-2-4-8-17)16-13-11-15(12-14-16)20(24)22-19-10-6-5-9-18(19)21/h2-14H,1H3,(H,22,24). The summed E-state index contributed by atoms with van der Waals surface area (Å²) in [5.41, 5.74) is 0.768. The Kier molecular flexibility index (Phi) is 5.23. The minimum Gasteiger partial charge on any atom is -0.319 e. The monoisotopic (exact) mass is 384 g/mol. The van der Waals surface area contributed by atoms with E-state index >= 15 is 0 Å². The van der Waals surface area contributed by atoms with Crippen LogP contribution in [0, 0.1) is 5.82 Å². The Hall–Kier alpha value is -3.19. The molecule has 138 valence electrons. The number of hydrogen-bond acceptors (Lipinski definition) is 3. The van der Waals surface area contributed by atoms with Crippen LogP contribution in [0.15, 0.2) is 83.8 Å². The number of nitrogens with zero attached hydrogens (tertiary/aromatic N) is 1. The van der Waals surface area contributed by atoms with Gasteiger partial charge in [0.15, 0.2) is 0 Å². The van der Waals surface area contributed by atoms with Crippen LogP contribution >= 0.6 is 0 Å². The van der Waals surface area contributed by atoms with Crippen molar-refractivity contribution >= 4 is 27.3 Å². The van der Waals surface area contributed by atoms with Gasteiger partial charge in [-0.05, 0) is 48.5 Å². The zero-order valence-corrected chi connectivity index (χ0v) is 15.3. The Morgan fingerprint density at radius 3 is 2.11 bits per heavy atom. The number of carbonyl (C=O) groups is 1. The second-order valence-corrected chi connectivity index (χ2v) is 7.74. The molecule has 0 aliphatic rings. The molecule has 1 N–H and O–H groups in total. The summed E-state index contributed by atoms with van der Waals surface area (Å²) in [6.07, 6.45) is 0. The fourth-order valence-electron chi connectivity index (χ4n) is 2.47. The van der Waals surface area contributed by atoms with Gasteiger partial charge in [0.1, 0.15) is 5.82 Å². The highest BCUT2D eigenvalue weighted by Gasteiger charge is 2.21. The Morgan fingerprint density at radius 1 is 0.889 bits per heavy atom. The van der Waals surface area contributed by atoms with E-state index in [2.05, 4.69) is 5.32 Å². The highest BCUT2D eigenvalue weighted by Crippen LogP contribution is 2.22. The van der Waals surface area contributed by atoms with Crippen LogP contribution in [0.3, 0.4) is 0 Å².